The number of hydrogen-bond acceptors (Lipinski definition) is 4. The van der Waals surface area contributed by atoms with Gasteiger partial charge in [0.05, 0.1) is 23.9 Å². The summed E-state index contributed by atoms with van der Waals surface area (Å²) in [5.74, 6) is 0. The van der Waals surface area contributed by atoms with Gasteiger partial charge in [-0.2, -0.15) is 0 Å². The second-order valence-corrected chi connectivity index (χ2v) is 5.74. The number of nitrogens with zero attached hydrogens (tertiary/aromatic N) is 1. The molecule has 0 saturated carbocycles. The summed E-state index contributed by atoms with van der Waals surface area (Å²) < 4.78 is 23.2. The van der Waals surface area contributed by atoms with E-state index in [0.29, 0.717) is 19.4 Å². The molecule has 0 fully saturated rings. The Labute approximate surface area is 100 Å². The number of rotatable bonds is 8. The van der Waals surface area contributed by atoms with Crippen molar-refractivity contribution in [2.24, 2.45) is 0 Å². The molecule has 0 spiro atoms. The van der Waals surface area contributed by atoms with E-state index >= 15 is 0 Å². The maximum absolute atomic E-state index is 12.0. The summed E-state index contributed by atoms with van der Waals surface area (Å²) in [6.07, 6.45) is 0.466. The van der Waals surface area contributed by atoms with Crippen molar-refractivity contribution in [2.75, 3.05) is 37.5 Å². The van der Waals surface area contributed by atoms with Crippen LogP contribution in [0, 0.1) is 0 Å². The molecule has 0 bridgehead atoms. The van der Waals surface area contributed by atoms with Gasteiger partial charge in [-0.1, -0.05) is 22.6 Å². The first-order valence-corrected chi connectivity index (χ1v) is 7.96. The Morgan fingerprint density at radius 1 is 1.29 bits per heavy atom. The third kappa shape index (κ3) is 6.35. The van der Waals surface area contributed by atoms with E-state index in [-0.39, 0.29) is 0 Å². The highest BCUT2D eigenvalue weighted by atomic mass is 127. The van der Waals surface area contributed by atoms with Gasteiger partial charge in [0, 0.05) is 6.54 Å². The lowest BCUT2D eigenvalue weighted by atomic mass is 10.7. The predicted molar refractivity (Wildman–Crippen MR) is 67.2 cm³/mol. The minimum Gasteiger partial charge on any atom is -0.309 e. The molecule has 6 heteroatoms. The Balaban J connectivity index is 4.02. The summed E-state index contributed by atoms with van der Waals surface area (Å²) in [6, 6.07) is 0. The van der Waals surface area contributed by atoms with Crippen LogP contribution in [-0.2, 0) is 13.6 Å². The summed E-state index contributed by atoms with van der Waals surface area (Å²) in [4.78, 5) is 2.07. The third-order valence-electron chi connectivity index (χ3n) is 1.61. The monoisotopic (exact) mass is 335 g/mol. The van der Waals surface area contributed by atoms with Crippen LogP contribution in [-0.4, -0.2) is 42.4 Å². The van der Waals surface area contributed by atoms with Crippen molar-refractivity contribution in [2.45, 2.75) is 13.8 Å². The van der Waals surface area contributed by atoms with Crippen molar-refractivity contribution in [3.63, 3.8) is 0 Å². The van der Waals surface area contributed by atoms with E-state index in [0.717, 1.165) is 11.1 Å². The molecule has 0 unspecified atom stereocenters. The fraction of sp³-hybridized carbons (Fsp3) is 1.00. The van der Waals surface area contributed by atoms with Gasteiger partial charge < -0.3 is 9.05 Å². The van der Waals surface area contributed by atoms with Crippen LogP contribution in [0.25, 0.3) is 0 Å². The summed E-state index contributed by atoms with van der Waals surface area (Å²) in [6.45, 7) is 5.26. The van der Waals surface area contributed by atoms with Gasteiger partial charge in [0.15, 0.2) is 0 Å². The van der Waals surface area contributed by atoms with E-state index in [1.807, 2.05) is 20.9 Å². The molecule has 0 aliphatic rings. The molecule has 0 atom stereocenters. The maximum Gasteiger partial charge on any atom is 0.331 e. The fourth-order valence-corrected chi connectivity index (χ4v) is 2.96. The third-order valence-corrected chi connectivity index (χ3v) is 4.83. The lowest BCUT2D eigenvalue weighted by molar-refractivity contribution is 0.217. The Morgan fingerprint density at radius 3 is 2.14 bits per heavy atom. The standard InChI is InChI=1S/C8H19INO3P/c1-4-12-14(11,13-5-2)7-6-10(3)8-9/h4-8H2,1-3H3. The Hall–Kier alpha value is 0.840. The molecule has 0 aromatic heterocycles. The van der Waals surface area contributed by atoms with Crippen molar-refractivity contribution < 1.29 is 13.6 Å². The highest BCUT2D eigenvalue weighted by Gasteiger charge is 2.23. The van der Waals surface area contributed by atoms with Crippen LogP contribution in [0.15, 0.2) is 0 Å². The molecule has 0 radical (unpaired) electrons. The van der Waals surface area contributed by atoms with E-state index < -0.39 is 7.60 Å². The van der Waals surface area contributed by atoms with Crippen LogP contribution in [0.2, 0.25) is 0 Å². The molecule has 4 nitrogen and oxygen atoms in total. The summed E-state index contributed by atoms with van der Waals surface area (Å²) >= 11 is 2.26. The smallest absolute Gasteiger partial charge is 0.309 e. The summed E-state index contributed by atoms with van der Waals surface area (Å²) in [5.41, 5.74) is 0. The van der Waals surface area contributed by atoms with Crippen molar-refractivity contribution in [1.82, 2.24) is 4.90 Å². The SMILES string of the molecule is CCOP(=O)(CCN(C)CI)OCC. The van der Waals surface area contributed by atoms with Gasteiger partial charge in [-0.15, -0.1) is 0 Å². The first-order chi connectivity index (χ1) is 6.58. The summed E-state index contributed by atoms with van der Waals surface area (Å²) in [7, 11) is -0.851. The van der Waals surface area contributed by atoms with Crippen molar-refractivity contribution >= 4 is 30.2 Å². The van der Waals surface area contributed by atoms with Gasteiger partial charge >= 0.3 is 7.60 Å². The minimum atomic E-state index is -2.83. The molecular weight excluding hydrogens is 316 g/mol. The van der Waals surface area contributed by atoms with E-state index in [1.165, 1.54) is 0 Å². The van der Waals surface area contributed by atoms with E-state index in [9.17, 15) is 4.57 Å². The molecule has 0 saturated heterocycles. The zero-order valence-corrected chi connectivity index (χ0v) is 12.1. The normalized spacial score (nSPS) is 12.4. The van der Waals surface area contributed by atoms with Gasteiger partial charge in [-0.25, -0.2) is 0 Å². The van der Waals surface area contributed by atoms with Gasteiger partial charge in [-0.05, 0) is 20.9 Å². The minimum absolute atomic E-state index is 0.436. The highest BCUT2D eigenvalue weighted by molar-refractivity contribution is 14.1. The molecule has 0 rings (SSSR count). The van der Waals surface area contributed by atoms with Crippen LogP contribution in [0.1, 0.15) is 13.8 Å². The Morgan fingerprint density at radius 2 is 1.79 bits per heavy atom. The topological polar surface area (TPSA) is 38.8 Å². The largest absolute Gasteiger partial charge is 0.331 e. The number of alkyl halides is 1. The Kier molecular flexibility index (Phi) is 8.53. The van der Waals surface area contributed by atoms with Gasteiger partial charge in [-0.3, -0.25) is 9.46 Å². The van der Waals surface area contributed by atoms with Crippen LogP contribution in [0.5, 0.6) is 0 Å². The highest BCUT2D eigenvalue weighted by Crippen LogP contribution is 2.47. The molecule has 0 amide bonds. The lowest BCUT2D eigenvalue weighted by Gasteiger charge is -2.19. The lowest BCUT2D eigenvalue weighted by Crippen LogP contribution is -2.21. The van der Waals surface area contributed by atoms with Crippen LogP contribution >= 0.6 is 30.2 Å². The zero-order chi connectivity index (χ0) is 11.0. The van der Waals surface area contributed by atoms with Crippen molar-refractivity contribution in [1.29, 1.82) is 0 Å². The predicted octanol–water partition coefficient (Wildman–Crippen LogP) is 2.58. The molecule has 0 heterocycles. The first kappa shape index (κ1) is 14.8. The van der Waals surface area contributed by atoms with E-state index in [2.05, 4.69) is 27.5 Å². The molecule has 0 aliphatic heterocycles. The number of hydrogen-bond donors (Lipinski definition) is 0. The Bertz CT molecular complexity index is 181. The number of halogens is 1. The second kappa shape index (κ2) is 8.05. The van der Waals surface area contributed by atoms with Crippen molar-refractivity contribution in [3.8, 4) is 0 Å². The molecule has 14 heavy (non-hydrogen) atoms. The average Bonchev–Trinajstić information content (AvgIpc) is 2.15. The fourth-order valence-electron chi connectivity index (χ4n) is 0.913. The molecular formula is C8H19INO3P. The first-order valence-electron chi connectivity index (χ1n) is 4.70. The van der Waals surface area contributed by atoms with E-state index in [1.54, 1.807) is 0 Å². The van der Waals surface area contributed by atoms with Crippen LogP contribution in [0.3, 0.4) is 0 Å². The van der Waals surface area contributed by atoms with Gasteiger partial charge in [0.1, 0.15) is 0 Å². The summed E-state index contributed by atoms with van der Waals surface area (Å²) in [5, 5.41) is 0. The molecule has 0 aliphatic carbocycles. The second-order valence-electron chi connectivity index (χ2n) is 2.87. The van der Waals surface area contributed by atoms with E-state index in [4.69, 9.17) is 9.05 Å². The zero-order valence-electron chi connectivity index (χ0n) is 9.03. The van der Waals surface area contributed by atoms with Crippen LogP contribution < -0.4 is 0 Å². The molecule has 0 aromatic carbocycles. The van der Waals surface area contributed by atoms with Crippen molar-refractivity contribution in [3.05, 3.63) is 0 Å². The van der Waals surface area contributed by atoms with Gasteiger partial charge in [0.2, 0.25) is 0 Å². The maximum atomic E-state index is 12.0. The average molecular weight is 335 g/mol. The molecule has 0 N–H and O–H groups in total. The molecule has 86 valence electrons. The quantitative estimate of drug-likeness (QED) is 0.296. The van der Waals surface area contributed by atoms with Gasteiger partial charge in [0.25, 0.3) is 0 Å². The van der Waals surface area contributed by atoms with Crippen LogP contribution in [0.4, 0.5) is 0 Å². The molecule has 0 aromatic rings.